The largest absolute Gasteiger partial charge is 0.367 e. The summed E-state index contributed by atoms with van der Waals surface area (Å²) in [6.07, 6.45) is 2.75. The van der Waals surface area contributed by atoms with Crippen molar-refractivity contribution in [1.29, 1.82) is 0 Å². The standard InChI is InChI=1S/C15H22N2O2S.ClH/c1-11-8-17(15(18)7-16-6-12-2-3-12)9-14(19-11)13-4-5-20-10-13;/h4-5,10-12,14,16H,2-3,6-9H2,1H3;1H. The minimum Gasteiger partial charge on any atom is -0.367 e. The van der Waals surface area contributed by atoms with E-state index in [2.05, 4.69) is 22.1 Å². The number of nitrogens with one attached hydrogen (secondary N) is 1. The zero-order valence-electron chi connectivity index (χ0n) is 12.3. The van der Waals surface area contributed by atoms with Gasteiger partial charge in [0.05, 0.1) is 19.2 Å². The van der Waals surface area contributed by atoms with Gasteiger partial charge in [-0.15, -0.1) is 12.4 Å². The molecule has 4 nitrogen and oxygen atoms in total. The smallest absolute Gasteiger partial charge is 0.236 e. The number of carbonyl (C=O) groups is 1. The van der Waals surface area contributed by atoms with Crippen LogP contribution in [0.2, 0.25) is 0 Å². The molecular weight excluding hydrogens is 308 g/mol. The molecular formula is C15H23ClN2O2S. The maximum Gasteiger partial charge on any atom is 0.236 e. The second-order valence-corrected chi connectivity index (χ2v) is 6.65. The molecule has 0 bridgehead atoms. The van der Waals surface area contributed by atoms with Crippen molar-refractivity contribution < 1.29 is 9.53 Å². The number of carbonyl (C=O) groups excluding carboxylic acids is 1. The summed E-state index contributed by atoms with van der Waals surface area (Å²) < 4.78 is 5.96. The molecule has 2 heterocycles. The molecule has 1 aliphatic heterocycles. The topological polar surface area (TPSA) is 41.6 Å². The normalized spacial score (nSPS) is 25.5. The summed E-state index contributed by atoms with van der Waals surface area (Å²) in [6, 6.07) is 2.08. The van der Waals surface area contributed by atoms with Crippen molar-refractivity contribution >= 4 is 29.7 Å². The van der Waals surface area contributed by atoms with Crippen LogP contribution in [0.4, 0.5) is 0 Å². The number of hydrogen-bond donors (Lipinski definition) is 1. The van der Waals surface area contributed by atoms with Gasteiger partial charge in [-0.3, -0.25) is 4.79 Å². The van der Waals surface area contributed by atoms with Gasteiger partial charge in [-0.05, 0) is 54.6 Å². The first-order chi connectivity index (χ1) is 9.72. The Labute approximate surface area is 136 Å². The SMILES string of the molecule is CC1CN(C(=O)CNCC2CC2)CC(c2ccsc2)O1.Cl. The van der Waals surface area contributed by atoms with E-state index in [9.17, 15) is 4.79 Å². The van der Waals surface area contributed by atoms with Crippen molar-refractivity contribution in [3.8, 4) is 0 Å². The van der Waals surface area contributed by atoms with Gasteiger partial charge in [-0.2, -0.15) is 11.3 Å². The molecule has 3 rings (SSSR count). The number of thiophene rings is 1. The van der Waals surface area contributed by atoms with Crippen LogP contribution in [-0.2, 0) is 9.53 Å². The summed E-state index contributed by atoms with van der Waals surface area (Å²) >= 11 is 1.67. The summed E-state index contributed by atoms with van der Waals surface area (Å²) in [5.74, 6) is 1.01. The first-order valence-corrected chi connectivity index (χ1v) is 8.32. The quantitative estimate of drug-likeness (QED) is 0.901. The zero-order chi connectivity index (χ0) is 13.9. The summed E-state index contributed by atoms with van der Waals surface area (Å²) in [6.45, 7) is 4.85. The lowest BCUT2D eigenvalue weighted by molar-refractivity contribution is -0.143. The molecule has 0 radical (unpaired) electrons. The number of hydrogen-bond acceptors (Lipinski definition) is 4. The molecule has 1 aromatic rings. The van der Waals surface area contributed by atoms with Crippen LogP contribution in [0.5, 0.6) is 0 Å². The van der Waals surface area contributed by atoms with E-state index in [1.54, 1.807) is 11.3 Å². The molecule has 2 unspecified atom stereocenters. The molecule has 2 atom stereocenters. The lowest BCUT2D eigenvalue weighted by Crippen LogP contribution is -2.48. The van der Waals surface area contributed by atoms with Crippen molar-refractivity contribution in [2.75, 3.05) is 26.2 Å². The van der Waals surface area contributed by atoms with E-state index < -0.39 is 0 Å². The van der Waals surface area contributed by atoms with Crippen molar-refractivity contribution in [1.82, 2.24) is 10.2 Å². The highest BCUT2D eigenvalue weighted by molar-refractivity contribution is 7.07. The predicted molar refractivity (Wildman–Crippen MR) is 87.0 cm³/mol. The van der Waals surface area contributed by atoms with E-state index in [-0.39, 0.29) is 30.5 Å². The number of nitrogens with zero attached hydrogens (tertiary/aromatic N) is 1. The Bertz CT molecular complexity index is 451. The fraction of sp³-hybridized carbons (Fsp3) is 0.667. The molecule has 1 N–H and O–H groups in total. The van der Waals surface area contributed by atoms with Crippen LogP contribution in [0.3, 0.4) is 0 Å². The van der Waals surface area contributed by atoms with Crippen molar-refractivity contribution in [2.24, 2.45) is 5.92 Å². The van der Waals surface area contributed by atoms with E-state index in [1.807, 2.05) is 11.8 Å². The third-order valence-corrected chi connectivity index (χ3v) is 4.64. The van der Waals surface area contributed by atoms with Crippen LogP contribution in [0.25, 0.3) is 0 Å². The first kappa shape index (κ1) is 16.7. The second-order valence-electron chi connectivity index (χ2n) is 5.87. The van der Waals surface area contributed by atoms with Crippen molar-refractivity contribution in [3.05, 3.63) is 22.4 Å². The van der Waals surface area contributed by atoms with E-state index >= 15 is 0 Å². The van der Waals surface area contributed by atoms with Crippen molar-refractivity contribution in [3.63, 3.8) is 0 Å². The molecule has 1 saturated heterocycles. The molecule has 0 aromatic carbocycles. The minimum atomic E-state index is 0. The van der Waals surface area contributed by atoms with Gasteiger partial charge in [0.1, 0.15) is 6.10 Å². The van der Waals surface area contributed by atoms with Crippen LogP contribution in [0.1, 0.15) is 31.4 Å². The molecule has 1 aliphatic carbocycles. The van der Waals surface area contributed by atoms with E-state index in [0.717, 1.165) is 12.5 Å². The summed E-state index contributed by atoms with van der Waals surface area (Å²) in [7, 11) is 0. The fourth-order valence-corrected chi connectivity index (χ4v) is 3.32. The van der Waals surface area contributed by atoms with Gasteiger partial charge in [0.15, 0.2) is 0 Å². The average molecular weight is 331 g/mol. The molecule has 2 aliphatic rings. The number of halogens is 1. The highest BCUT2D eigenvalue weighted by Crippen LogP contribution is 2.28. The molecule has 6 heteroatoms. The maximum atomic E-state index is 12.3. The Kier molecular flexibility index (Phi) is 6.05. The Hall–Kier alpha value is -0.620. The van der Waals surface area contributed by atoms with E-state index in [4.69, 9.17) is 4.74 Å². The number of morpholine rings is 1. The third kappa shape index (κ3) is 4.68. The zero-order valence-corrected chi connectivity index (χ0v) is 13.9. The molecule has 2 fully saturated rings. The van der Waals surface area contributed by atoms with Gasteiger partial charge in [0.25, 0.3) is 0 Å². The van der Waals surface area contributed by atoms with E-state index in [0.29, 0.717) is 19.6 Å². The molecule has 1 aromatic heterocycles. The average Bonchev–Trinajstić information content (AvgIpc) is 3.09. The summed E-state index contributed by atoms with van der Waals surface area (Å²) in [5.41, 5.74) is 1.19. The van der Waals surface area contributed by atoms with E-state index in [1.165, 1.54) is 18.4 Å². The highest BCUT2D eigenvalue weighted by Gasteiger charge is 2.29. The lowest BCUT2D eigenvalue weighted by atomic mass is 10.1. The Balaban J connectivity index is 0.00000161. The van der Waals surface area contributed by atoms with Crippen LogP contribution in [0.15, 0.2) is 16.8 Å². The van der Waals surface area contributed by atoms with Crippen LogP contribution in [-0.4, -0.2) is 43.1 Å². The molecule has 1 saturated carbocycles. The number of amides is 1. The van der Waals surface area contributed by atoms with Gasteiger partial charge in [-0.1, -0.05) is 0 Å². The molecule has 118 valence electrons. The van der Waals surface area contributed by atoms with Gasteiger partial charge < -0.3 is 15.0 Å². The summed E-state index contributed by atoms with van der Waals surface area (Å²) in [5, 5.41) is 7.44. The van der Waals surface area contributed by atoms with Gasteiger partial charge in [0.2, 0.25) is 5.91 Å². The van der Waals surface area contributed by atoms with Crippen LogP contribution >= 0.6 is 23.7 Å². The molecule has 1 amide bonds. The first-order valence-electron chi connectivity index (χ1n) is 7.38. The van der Waals surface area contributed by atoms with Crippen LogP contribution in [0, 0.1) is 5.92 Å². The molecule has 21 heavy (non-hydrogen) atoms. The number of ether oxygens (including phenoxy) is 1. The predicted octanol–water partition coefficient (Wildman–Crippen LogP) is 2.46. The fourth-order valence-electron chi connectivity index (χ4n) is 2.61. The second kappa shape index (κ2) is 7.58. The lowest BCUT2D eigenvalue weighted by Gasteiger charge is -2.36. The maximum absolute atomic E-state index is 12.3. The van der Waals surface area contributed by atoms with Gasteiger partial charge in [-0.25, -0.2) is 0 Å². The Morgan fingerprint density at radius 3 is 2.95 bits per heavy atom. The van der Waals surface area contributed by atoms with Gasteiger partial charge >= 0.3 is 0 Å². The van der Waals surface area contributed by atoms with Crippen LogP contribution < -0.4 is 5.32 Å². The monoisotopic (exact) mass is 330 g/mol. The minimum absolute atomic E-state index is 0. The Morgan fingerprint density at radius 2 is 2.29 bits per heavy atom. The Morgan fingerprint density at radius 1 is 1.48 bits per heavy atom. The highest BCUT2D eigenvalue weighted by atomic mass is 35.5. The molecule has 0 spiro atoms. The van der Waals surface area contributed by atoms with Gasteiger partial charge in [0, 0.05) is 6.54 Å². The number of rotatable bonds is 5. The third-order valence-electron chi connectivity index (χ3n) is 3.93. The summed E-state index contributed by atoms with van der Waals surface area (Å²) in [4.78, 5) is 14.2. The van der Waals surface area contributed by atoms with Crippen molar-refractivity contribution in [2.45, 2.75) is 32.0 Å².